The van der Waals surface area contributed by atoms with E-state index in [0.29, 0.717) is 12.1 Å². The molecule has 0 bridgehead atoms. The predicted molar refractivity (Wildman–Crippen MR) is 117 cm³/mol. The van der Waals surface area contributed by atoms with Gasteiger partial charge in [-0.05, 0) is 36.8 Å². The van der Waals surface area contributed by atoms with Gasteiger partial charge in [0, 0.05) is 38.3 Å². The Labute approximate surface area is 172 Å². The summed E-state index contributed by atoms with van der Waals surface area (Å²) in [6.07, 6.45) is 0. The molecule has 1 saturated heterocycles. The second kappa shape index (κ2) is 9.82. The number of hydrogen-bond donors (Lipinski definition) is 2. The van der Waals surface area contributed by atoms with Crippen LogP contribution in [0.25, 0.3) is 0 Å². The van der Waals surface area contributed by atoms with Gasteiger partial charge in [-0.2, -0.15) is 0 Å². The molecule has 0 radical (unpaired) electrons. The van der Waals surface area contributed by atoms with Crippen molar-refractivity contribution in [2.45, 2.75) is 13.5 Å². The van der Waals surface area contributed by atoms with Crippen molar-refractivity contribution >= 4 is 17.6 Å². The number of rotatable bonds is 6. The number of amides is 1. The molecule has 1 amide bonds. The standard InChI is InChI=1S/C22H29N5O2/c1-3-24-22(25-16-17-7-6-8-18(15-17)21(23)28)27-13-11-26(12-14-27)19-9-4-5-10-20(19)29-2/h4-10,15H,3,11-14,16H2,1-2H3,(H2,23,28)(H,24,25). The van der Waals surface area contributed by atoms with Gasteiger partial charge in [-0.25, -0.2) is 4.99 Å². The predicted octanol–water partition coefficient (Wildman–Crippen LogP) is 2.08. The minimum absolute atomic E-state index is 0.421. The topological polar surface area (TPSA) is 83.2 Å². The van der Waals surface area contributed by atoms with Crippen LogP contribution in [0.3, 0.4) is 0 Å². The Morgan fingerprint density at radius 1 is 1.14 bits per heavy atom. The molecule has 7 nitrogen and oxygen atoms in total. The maximum Gasteiger partial charge on any atom is 0.248 e. The lowest BCUT2D eigenvalue weighted by Gasteiger charge is -2.38. The molecule has 3 N–H and O–H groups in total. The number of carbonyl (C=O) groups excluding carboxylic acids is 1. The van der Waals surface area contributed by atoms with Gasteiger partial charge in [0.2, 0.25) is 5.91 Å². The maximum absolute atomic E-state index is 11.4. The van der Waals surface area contributed by atoms with Crippen LogP contribution in [0.2, 0.25) is 0 Å². The lowest BCUT2D eigenvalue weighted by atomic mass is 10.1. The third-order valence-electron chi connectivity index (χ3n) is 4.96. The van der Waals surface area contributed by atoms with Crippen molar-refractivity contribution in [3.05, 3.63) is 59.7 Å². The van der Waals surface area contributed by atoms with Crippen molar-refractivity contribution in [1.29, 1.82) is 0 Å². The number of nitrogens with one attached hydrogen (secondary N) is 1. The molecule has 0 aliphatic carbocycles. The molecule has 2 aromatic carbocycles. The third-order valence-corrected chi connectivity index (χ3v) is 4.96. The van der Waals surface area contributed by atoms with Crippen LogP contribution in [0.15, 0.2) is 53.5 Å². The van der Waals surface area contributed by atoms with E-state index in [1.54, 1.807) is 19.2 Å². The quantitative estimate of drug-likeness (QED) is 0.578. The summed E-state index contributed by atoms with van der Waals surface area (Å²) in [6, 6.07) is 15.4. The molecule has 0 aromatic heterocycles. The van der Waals surface area contributed by atoms with Gasteiger partial charge in [-0.15, -0.1) is 0 Å². The Kier molecular flexibility index (Phi) is 6.94. The minimum Gasteiger partial charge on any atom is -0.495 e. The number of aliphatic imine (C=N–C) groups is 1. The van der Waals surface area contributed by atoms with Crippen LogP contribution < -0.4 is 20.7 Å². The van der Waals surface area contributed by atoms with Crippen LogP contribution in [-0.2, 0) is 6.54 Å². The number of nitrogens with two attached hydrogens (primary N) is 1. The molecule has 1 aliphatic heterocycles. The zero-order valence-corrected chi connectivity index (χ0v) is 17.1. The normalized spacial score (nSPS) is 14.6. The first-order valence-corrected chi connectivity index (χ1v) is 9.92. The maximum atomic E-state index is 11.4. The fourth-order valence-electron chi connectivity index (χ4n) is 3.47. The van der Waals surface area contributed by atoms with Gasteiger partial charge < -0.3 is 25.6 Å². The summed E-state index contributed by atoms with van der Waals surface area (Å²) in [4.78, 5) is 20.8. The Bertz CT molecular complexity index is 860. The van der Waals surface area contributed by atoms with E-state index >= 15 is 0 Å². The number of anilines is 1. The van der Waals surface area contributed by atoms with Crippen LogP contribution in [0.5, 0.6) is 5.75 Å². The second-order valence-electron chi connectivity index (χ2n) is 6.88. The van der Waals surface area contributed by atoms with Crippen LogP contribution in [0.1, 0.15) is 22.8 Å². The summed E-state index contributed by atoms with van der Waals surface area (Å²) in [7, 11) is 1.71. The van der Waals surface area contributed by atoms with Crippen molar-refractivity contribution in [2.24, 2.45) is 10.7 Å². The van der Waals surface area contributed by atoms with Gasteiger partial charge >= 0.3 is 0 Å². The molecule has 0 atom stereocenters. The number of hydrogen-bond acceptors (Lipinski definition) is 4. The number of nitrogens with zero attached hydrogens (tertiary/aromatic N) is 3. The van der Waals surface area contributed by atoms with Gasteiger partial charge in [0.05, 0.1) is 19.3 Å². The van der Waals surface area contributed by atoms with Crippen molar-refractivity contribution in [3.63, 3.8) is 0 Å². The van der Waals surface area contributed by atoms with Crippen LogP contribution >= 0.6 is 0 Å². The molecule has 2 aromatic rings. The summed E-state index contributed by atoms with van der Waals surface area (Å²) in [5.41, 5.74) is 7.97. The SMILES string of the molecule is CCNC(=NCc1cccc(C(N)=O)c1)N1CCN(c2ccccc2OC)CC1. The van der Waals surface area contributed by atoms with E-state index < -0.39 is 5.91 Å². The van der Waals surface area contributed by atoms with Gasteiger partial charge in [-0.3, -0.25) is 4.79 Å². The first kappa shape index (κ1) is 20.5. The average Bonchev–Trinajstić information content (AvgIpc) is 2.77. The third kappa shape index (κ3) is 5.19. The lowest BCUT2D eigenvalue weighted by molar-refractivity contribution is 0.1000. The Morgan fingerprint density at radius 2 is 1.90 bits per heavy atom. The highest BCUT2D eigenvalue weighted by Gasteiger charge is 2.21. The molecule has 154 valence electrons. The van der Waals surface area contributed by atoms with E-state index in [1.807, 2.05) is 30.3 Å². The van der Waals surface area contributed by atoms with Crippen LogP contribution in [0, 0.1) is 0 Å². The Balaban J connectivity index is 1.67. The highest BCUT2D eigenvalue weighted by Crippen LogP contribution is 2.28. The van der Waals surface area contributed by atoms with Crippen molar-refractivity contribution < 1.29 is 9.53 Å². The summed E-state index contributed by atoms with van der Waals surface area (Å²) in [6.45, 7) is 6.87. The fraction of sp³-hybridized carbons (Fsp3) is 0.364. The van der Waals surface area contributed by atoms with Gasteiger partial charge in [0.25, 0.3) is 0 Å². The molecular formula is C22H29N5O2. The van der Waals surface area contributed by atoms with E-state index in [2.05, 4.69) is 28.1 Å². The molecule has 0 saturated carbocycles. The Hall–Kier alpha value is -3.22. The number of piperazine rings is 1. The fourth-order valence-corrected chi connectivity index (χ4v) is 3.47. The number of primary amides is 1. The summed E-state index contributed by atoms with van der Waals surface area (Å²) < 4.78 is 5.50. The molecular weight excluding hydrogens is 366 g/mol. The lowest BCUT2D eigenvalue weighted by Crippen LogP contribution is -2.52. The minimum atomic E-state index is -0.421. The number of carbonyl (C=O) groups is 1. The molecule has 1 aliphatic rings. The zero-order valence-electron chi connectivity index (χ0n) is 17.1. The van der Waals surface area contributed by atoms with Crippen LogP contribution in [0.4, 0.5) is 5.69 Å². The van der Waals surface area contributed by atoms with E-state index in [1.165, 1.54) is 0 Å². The molecule has 7 heteroatoms. The van der Waals surface area contributed by atoms with E-state index in [0.717, 1.165) is 55.7 Å². The molecule has 1 heterocycles. The monoisotopic (exact) mass is 395 g/mol. The highest BCUT2D eigenvalue weighted by atomic mass is 16.5. The summed E-state index contributed by atoms with van der Waals surface area (Å²) in [5.74, 6) is 1.36. The second-order valence-corrected chi connectivity index (χ2v) is 6.88. The zero-order chi connectivity index (χ0) is 20.6. The molecule has 29 heavy (non-hydrogen) atoms. The number of para-hydroxylation sites is 2. The Morgan fingerprint density at radius 3 is 2.59 bits per heavy atom. The van der Waals surface area contributed by atoms with Crippen molar-refractivity contribution in [1.82, 2.24) is 10.2 Å². The van der Waals surface area contributed by atoms with E-state index in [4.69, 9.17) is 15.5 Å². The van der Waals surface area contributed by atoms with Gasteiger partial charge in [0.1, 0.15) is 5.75 Å². The molecule has 3 rings (SSSR count). The molecule has 0 unspecified atom stereocenters. The van der Waals surface area contributed by atoms with Crippen LogP contribution in [-0.4, -0.2) is 56.6 Å². The van der Waals surface area contributed by atoms with Crippen molar-refractivity contribution in [3.8, 4) is 5.75 Å². The van der Waals surface area contributed by atoms with Gasteiger partial charge in [-0.1, -0.05) is 24.3 Å². The number of ether oxygens (including phenoxy) is 1. The number of guanidine groups is 1. The average molecular weight is 396 g/mol. The first-order chi connectivity index (χ1) is 14.1. The number of methoxy groups -OCH3 is 1. The van der Waals surface area contributed by atoms with Gasteiger partial charge in [0.15, 0.2) is 5.96 Å². The smallest absolute Gasteiger partial charge is 0.248 e. The molecule has 0 spiro atoms. The van der Waals surface area contributed by atoms with Crippen molar-refractivity contribution in [2.75, 3.05) is 44.7 Å². The molecule has 1 fully saturated rings. The van der Waals surface area contributed by atoms with E-state index in [-0.39, 0.29) is 0 Å². The summed E-state index contributed by atoms with van der Waals surface area (Å²) >= 11 is 0. The van der Waals surface area contributed by atoms with E-state index in [9.17, 15) is 4.79 Å². The largest absolute Gasteiger partial charge is 0.495 e. The summed E-state index contributed by atoms with van der Waals surface area (Å²) in [5, 5.41) is 3.38. The first-order valence-electron chi connectivity index (χ1n) is 9.92. The highest BCUT2D eigenvalue weighted by molar-refractivity contribution is 5.92. The number of benzene rings is 2.